The van der Waals surface area contributed by atoms with Crippen molar-refractivity contribution < 1.29 is 4.79 Å². The molecular formula is C11H13NO. The molecule has 0 radical (unpaired) electrons. The summed E-state index contributed by atoms with van der Waals surface area (Å²) in [6, 6.07) is 0. The molecule has 1 aliphatic heterocycles. The number of aliphatic imine (C=N–C) groups is 1. The Hall–Kier alpha value is -1.18. The van der Waals surface area contributed by atoms with Crippen LogP contribution in [0.2, 0.25) is 0 Å². The summed E-state index contributed by atoms with van der Waals surface area (Å²) < 4.78 is 0. The summed E-state index contributed by atoms with van der Waals surface area (Å²) in [7, 11) is 0. The van der Waals surface area contributed by atoms with E-state index in [1.54, 1.807) is 12.2 Å². The van der Waals surface area contributed by atoms with E-state index in [1.165, 1.54) is 0 Å². The Bertz CT molecular complexity index is 345. The van der Waals surface area contributed by atoms with E-state index in [0.29, 0.717) is 0 Å². The topological polar surface area (TPSA) is 29.4 Å². The van der Waals surface area contributed by atoms with Crippen LogP contribution in [-0.4, -0.2) is 17.0 Å². The molecule has 68 valence electrons. The van der Waals surface area contributed by atoms with Crippen LogP contribution in [0, 0.1) is 0 Å². The summed E-state index contributed by atoms with van der Waals surface area (Å²) in [5.74, 6) is 0.0913. The number of nitrogens with zero attached hydrogens (tertiary/aromatic N) is 1. The van der Waals surface area contributed by atoms with E-state index >= 15 is 0 Å². The number of carbonyl (C=O) groups excluding carboxylic acids is 1. The molecular weight excluding hydrogens is 162 g/mol. The first-order valence-electron chi connectivity index (χ1n) is 4.60. The largest absolute Gasteiger partial charge is 0.290 e. The number of fused-ring (bicyclic) bond motifs is 1. The average Bonchev–Trinajstić information content (AvgIpc) is 2.05. The molecule has 0 spiro atoms. The molecule has 0 amide bonds. The first kappa shape index (κ1) is 8.42. The fourth-order valence-corrected chi connectivity index (χ4v) is 1.69. The first-order chi connectivity index (χ1) is 6.07. The lowest BCUT2D eigenvalue weighted by Crippen LogP contribution is -2.26. The van der Waals surface area contributed by atoms with Crippen molar-refractivity contribution in [3.8, 4) is 0 Å². The second-order valence-corrected chi connectivity index (χ2v) is 4.21. The van der Waals surface area contributed by atoms with Gasteiger partial charge in [0.25, 0.3) is 0 Å². The molecule has 13 heavy (non-hydrogen) atoms. The number of hydrogen-bond acceptors (Lipinski definition) is 2. The van der Waals surface area contributed by atoms with E-state index < -0.39 is 0 Å². The maximum Gasteiger partial charge on any atom is 0.179 e. The molecule has 0 saturated heterocycles. The van der Waals surface area contributed by atoms with Gasteiger partial charge in [-0.3, -0.25) is 9.79 Å². The molecule has 2 nitrogen and oxygen atoms in total. The van der Waals surface area contributed by atoms with Crippen molar-refractivity contribution in [3.63, 3.8) is 0 Å². The molecule has 1 heterocycles. The van der Waals surface area contributed by atoms with E-state index in [-0.39, 0.29) is 11.3 Å². The molecule has 0 fully saturated rings. The Morgan fingerprint density at radius 3 is 2.92 bits per heavy atom. The standard InChI is InChI=1S/C11H13NO/c1-11(2)6-5-8-7-9(13)3-4-10(8)12-11/h3-4,7H,5-6H2,1-2H3. The van der Waals surface area contributed by atoms with Gasteiger partial charge in [-0.25, -0.2) is 0 Å². The Balaban J connectivity index is 2.40. The van der Waals surface area contributed by atoms with Gasteiger partial charge in [0.15, 0.2) is 5.78 Å². The smallest absolute Gasteiger partial charge is 0.179 e. The fraction of sp³-hybridized carbons (Fsp3) is 0.455. The minimum atomic E-state index is 0.0391. The van der Waals surface area contributed by atoms with Crippen molar-refractivity contribution in [3.05, 3.63) is 23.8 Å². The molecule has 2 aliphatic rings. The van der Waals surface area contributed by atoms with Crippen LogP contribution in [0.1, 0.15) is 26.7 Å². The van der Waals surface area contributed by atoms with Crippen LogP contribution >= 0.6 is 0 Å². The van der Waals surface area contributed by atoms with Gasteiger partial charge in [-0.1, -0.05) is 0 Å². The quantitative estimate of drug-likeness (QED) is 0.518. The Kier molecular flexibility index (Phi) is 1.72. The normalized spacial score (nSPS) is 24.9. The number of carbonyl (C=O) groups is 1. The van der Waals surface area contributed by atoms with E-state index in [9.17, 15) is 4.79 Å². The van der Waals surface area contributed by atoms with Crippen LogP contribution in [0.4, 0.5) is 0 Å². The lowest BCUT2D eigenvalue weighted by molar-refractivity contribution is -0.110. The van der Waals surface area contributed by atoms with Gasteiger partial charge in [0, 0.05) is 0 Å². The molecule has 2 rings (SSSR count). The van der Waals surface area contributed by atoms with Gasteiger partial charge >= 0.3 is 0 Å². The highest BCUT2D eigenvalue weighted by molar-refractivity contribution is 6.20. The summed E-state index contributed by atoms with van der Waals surface area (Å²) in [6.45, 7) is 4.25. The molecule has 0 atom stereocenters. The molecule has 0 unspecified atom stereocenters. The van der Waals surface area contributed by atoms with Crippen molar-refractivity contribution in [2.75, 3.05) is 0 Å². The maximum atomic E-state index is 11.1. The van der Waals surface area contributed by atoms with Crippen LogP contribution in [0.5, 0.6) is 0 Å². The van der Waals surface area contributed by atoms with Crippen LogP contribution in [0.25, 0.3) is 0 Å². The Labute approximate surface area is 78.1 Å². The monoisotopic (exact) mass is 175 g/mol. The summed E-state index contributed by atoms with van der Waals surface area (Å²) in [5.41, 5.74) is 2.14. The van der Waals surface area contributed by atoms with Crippen molar-refractivity contribution in [2.45, 2.75) is 32.2 Å². The van der Waals surface area contributed by atoms with Crippen LogP contribution < -0.4 is 0 Å². The first-order valence-corrected chi connectivity index (χ1v) is 4.60. The predicted octanol–water partition coefficient (Wildman–Crippen LogP) is 2.07. The molecule has 0 aromatic rings. The fourth-order valence-electron chi connectivity index (χ4n) is 1.69. The van der Waals surface area contributed by atoms with E-state index in [0.717, 1.165) is 24.1 Å². The lowest BCUT2D eigenvalue weighted by atomic mass is 9.87. The van der Waals surface area contributed by atoms with Gasteiger partial charge < -0.3 is 0 Å². The minimum Gasteiger partial charge on any atom is -0.290 e. The molecule has 0 N–H and O–H groups in total. The minimum absolute atomic E-state index is 0.0391. The van der Waals surface area contributed by atoms with Crippen molar-refractivity contribution >= 4 is 11.5 Å². The zero-order valence-corrected chi connectivity index (χ0v) is 8.00. The third-order valence-electron chi connectivity index (χ3n) is 2.48. The van der Waals surface area contributed by atoms with E-state index in [2.05, 4.69) is 18.8 Å². The average molecular weight is 175 g/mol. The predicted molar refractivity (Wildman–Crippen MR) is 53.0 cm³/mol. The number of hydrogen-bond donors (Lipinski definition) is 0. The summed E-state index contributed by atoms with van der Waals surface area (Å²) in [4.78, 5) is 15.6. The molecule has 2 heteroatoms. The lowest BCUT2D eigenvalue weighted by Gasteiger charge is -2.28. The van der Waals surface area contributed by atoms with E-state index in [4.69, 9.17) is 0 Å². The van der Waals surface area contributed by atoms with Crippen molar-refractivity contribution in [1.29, 1.82) is 0 Å². The van der Waals surface area contributed by atoms with Gasteiger partial charge in [-0.05, 0) is 50.5 Å². The summed E-state index contributed by atoms with van der Waals surface area (Å²) in [6.07, 6.45) is 7.13. The van der Waals surface area contributed by atoms with Crippen LogP contribution in [-0.2, 0) is 4.79 Å². The number of rotatable bonds is 0. The van der Waals surface area contributed by atoms with Crippen LogP contribution in [0.3, 0.4) is 0 Å². The van der Waals surface area contributed by atoms with Gasteiger partial charge in [-0.15, -0.1) is 0 Å². The second kappa shape index (κ2) is 2.66. The van der Waals surface area contributed by atoms with Gasteiger partial charge in [0.1, 0.15) is 0 Å². The highest BCUT2D eigenvalue weighted by Crippen LogP contribution is 2.28. The van der Waals surface area contributed by atoms with Crippen molar-refractivity contribution in [2.24, 2.45) is 4.99 Å². The van der Waals surface area contributed by atoms with E-state index in [1.807, 2.05) is 6.08 Å². The third-order valence-corrected chi connectivity index (χ3v) is 2.48. The molecule has 0 bridgehead atoms. The summed E-state index contributed by atoms with van der Waals surface area (Å²) >= 11 is 0. The van der Waals surface area contributed by atoms with Gasteiger partial charge in [-0.2, -0.15) is 0 Å². The second-order valence-electron chi connectivity index (χ2n) is 4.21. The Morgan fingerprint density at radius 2 is 2.15 bits per heavy atom. The summed E-state index contributed by atoms with van der Waals surface area (Å²) in [5, 5.41) is 0. The number of allylic oxidation sites excluding steroid dienone is 4. The van der Waals surface area contributed by atoms with Gasteiger partial charge in [0.2, 0.25) is 0 Å². The molecule has 0 aromatic heterocycles. The molecule has 0 saturated carbocycles. The molecule has 0 aromatic carbocycles. The highest BCUT2D eigenvalue weighted by atomic mass is 16.1. The zero-order valence-electron chi connectivity index (χ0n) is 8.00. The van der Waals surface area contributed by atoms with Gasteiger partial charge in [0.05, 0.1) is 11.3 Å². The van der Waals surface area contributed by atoms with Crippen LogP contribution in [0.15, 0.2) is 28.8 Å². The highest BCUT2D eigenvalue weighted by Gasteiger charge is 2.25. The molecule has 1 aliphatic carbocycles. The number of ketones is 1. The van der Waals surface area contributed by atoms with Crippen molar-refractivity contribution in [1.82, 2.24) is 0 Å². The zero-order chi connectivity index (χ0) is 9.47. The Morgan fingerprint density at radius 1 is 1.38 bits per heavy atom. The SMILES string of the molecule is CC1(C)CCC2=CC(=O)C=CC2=N1. The maximum absolute atomic E-state index is 11.1. The third kappa shape index (κ3) is 1.62.